The summed E-state index contributed by atoms with van der Waals surface area (Å²) in [5.74, 6) is 0.719. The van der Waals surface area contributed by atoms with Crippen LogP contribution in [0.5, 0.6) is 0 Å². The van der Waals surface area contributed by atoms with Gasteiger partial charge in [0.1, 0.15) is 0 Å². The molecule has 0 bridgehead atoms. The van der Waals surface area contributed by atoms with Gasteiger partial charge in [-0.15, -0.1) is 0 Å². The smallest absolute Gasteiger partial charge is 0.243 e. The number of fused-ring (bicyclic) bond motifs is 1. The predicted octanol–water partition coefficient (Wildman–Crippen LogP) is 2.89. The number of aromatic nitrogens is 4. The molecule has 2 atom stereocenters. The van der Waals surface area contributed by atoms with Crippen LogP contribution in [0.15, 0.2) is 54.6 Å². The zero-order valence-electron chi connectivity index (χ0n) is 13.8. The van der Waals surface area contributed by atoms with Crippen molar-refractivity contribution in [2.75, 3.05) is 24.3 Å². The van der Waals surface area contributed by atoms with E-state index in [-0.39, 0.29) is 12.1 Å². The van der Waals surface area contributed by atoms with Crippen molar-refractivity contribution < 1.29 is 0 Å². The van der Waals surface area contributed by atoms with E-state index in [0.717, 1.165) is 12.4 Å². The van der Waals surface area contributed by atoms with Gasteiger partial charge in [0, 0.05) is 19.8 Å². The highest BCUT2D eigenvalue weighted by Crippen LogP contribution is 2.37. The molecule has 1 aromatic heterocycles. The second kappa shape index (κ2) is 5.96. The minimum absolute atomic E-state index is 0.123. The molecule has 2 heterocycles. The fraction of sp³-hybridized carbons (Fsp3) is 0.278. The number of nitrogens with one attached hydrogen (secondary N) is 1. The van der Waals surface area contributed by atoms with Crippen molar-refractivity contribution >= 4 is 11.6 Å². The Morgan fingerprint density at radius 1 is 1.00 bits per heavy atom. The lowest BCUT2D eigenvalue weighted by atomic mass is 9.93. The van der Waals surface area contributed by atoms with Crippen LogP contribution in [-0.2, 0) is 0 Å². The van der Waals surface area contributed by atoms with Crippen LogP contribution in [0.2, 0.25) is 0 Å². The monoisotopic (exact) mass is 320 g/mol. The molecule has 0 unspecified atom stereocenters. The molecule has 0 spiro atoms. The Labute approximate surface area is 141 Å². The minimum atomic E-state index is 0.123. The average Bonchev–Trinajstić information content (AvgIpc) is 3.10. The Bertz CT molecular complexity index is 809. The van der Waals surface area contributed by atoms with E-state index >= 15 is 0 Å². The molecule has 0 fully saturated rings. The van der Waals surface area contributed by atoms with Crippen molar-refractivity contribution in [3.8, 4) is 0 Å². The molecule has 0 saturated carbocycles. The predicted molar refractivity (Wildman–Crippen MR) is 94.1 cm³/mol. The molecular weight excluding hydrogens is 300 g/mol. The minimum Gasteiger partial charge on any atom is -0.378 e. The van der Waals surface area contributed by atoms with E-state index in [1.807, 2.05) is 24.8 Å². The molecule has 4 rings (SSSR count). The highest BCUT2D eigenvalue weighted by molar-refractivity contribution is 5.47. The number of rotatable bonds is 3. The van der Waals surface area contributed by atoms with Crippen molar-refractivity contribution in [2.45, 2.75) is 18.5 Å². The summed E-state index contributed by atoms with van der Waals surface area (Å²) in [6, 6.07) is 19.4. The van der Waals surface area contributed by atoms with Crippen molar-refractivity contribution in [3.63, 3.8) is 0 Å². The van der Waals surface area contributed by atoms with Crippen molar-refractivity contribution in [2.24, 2.45) is 0 Å². The number of hydrogen-bond acceptors (Lipinski definition) is 5. The zero-order valence-corrected chi connectivity index (χ0v) is 13.8. The molecule has 24 heavy (non-hydrogen) atoms. The first-order valence-corrected chi connectivity index (χ1v) is 8.09. The first-order chi connectivity index (χ1) is 11.7. The molecule has 6 heteroatoms. The van der Waals surface area contributed by atoms with E-state index in [4.69, 9.17) is 0 Å². The molecule has 2 aromatic carbocycles. The molecule has 1 N–H and O–H groups in total. The van der Waals surface area contributed by atoms with E-state index in [2.05, 4.69) is 74.3 Å². The maximum absolute atomic E-state index is 4.18. The normalized spacial score (nSPS) is 19.4. The second-order valence-corrected chi connectivity index (χ2v) is 6.29. The van der Waals surface area contributed by atoms with Crippen LogP contribution in [0.25, 0.3) is 0 Å². The largest absolute Gasteiger partial charge is 0.378 e. The summed E-state index contributed by atoms with van der Waals surface area (Å²) in [4.78, 5) is 2.10. The standard InChI is InChI=1S/C18H20N6/c1-23(2)15-10-8-14(9-11-15)17-12-16(13-6-4-3-5-7-13)19-18-20-21-22-24(17)18/h3-11,16-17H,12H2,1-2H3,(H,19,20,22)/t16-,17+/m0/s1. The summed E-state index contributed by atoms with van der Waals surface area (Å²) in [5, 5.41) is 15.6. The topological polar surface area (TPSA) is 58.9 Å². The van der Waals surface area contributed by atoms with Gasteiger partial charge in [0.15, 0.2) is 0 Å². The van der Waals surface area contributed by atoms with E-state index in [9.17, 15) is 0 Å². The molecule has 0 saturated heterocycles. The number of hydrogen-bond donors (Lipinski definition) is 1. The molecule has 0 amide bonds. The Hall–Kier alpha value is -2.89. The Morgan fingerprint density at radius 2 is 1.75 bits per heavy atom. The molecule has 1 aliphatic rings. The Morgan fingerprint density at radius 3 is 2.46 bits per heavy atom. The second-order valence-electron chi connectivity index (χ2n) is 6.29. The lowest BCUT2D eigenvalue weighted by Gasteiger charge is -2.31. The van der Waals surface area contributed by atoms with E-state index in [1.165, 1.54) is 16.8 Å². The number of benzene rings is 2. The fourth-order valence-electron chi connectivity index (χ4n) is 3.21. The van der Waals surface area contributed by atoms with Gasteiger partial charge in [-0.1, -0.05) is 47.6 Å². The lowest BCUT2D eigenvalue weighted by molar-refractivity contribution is 0.424. The third-order valence-electron chi connectivity index (χ3n) is 4.55. The summed E-state index contributed by atoms with van der Waals surface area (Å²) in [6.45, 7) is 0. The molecule has 3 aromatic rings. The van der Waals surface area contributed by atoms with Crippen LogP contribution >= 0.6 is 0 Å². The van der Waals surface area contributed by atoms with Crippen LogP contribution in [0, 0.1) is 0 Å². The number of anilines is 2. The van der Waals surface area contributed by atoms with Gasteiger partial charge < -0.3 is 10.2 Å². The van der Waals surface area contributed by atoms with Crippen LogP contribution in [0.4, 0.5) is 11.6 Å². The van der Waals surface area contributed by atoms with Gasteiger partial charge in [0.05, 0.1) is 12.1 Å². The Balaban J connectivity index is 1.69. The highest BCUT2D eigenvalue weighted by Gasteiger charge is 2.30. The molecule has 122 valence electrons. The maximum atomic E-state index is 4.18. The van der Waals surface area contributed by atoms with Gasteiger partial charge in [-0.2, -0.15) is 0 Å². The fourth-order valence-corrected chi connectivity index (χ4v) is 3.21. The van der Waals surface area contributed by atoms with Crippen molar-refractivity contribution in [1.82, 2.24) is 20.2 Å². The summed E-state index contributed by atoms with van der Waals surface area (Å²) < 4.78 is 1.88. The van der Waals surface area contributed by atoms with Gasteiger partial charge in [0.25, 0.3) is 0 Å². The summed E-state index contributed by atoms with van der Waals surface area (Å²) in [5.41, 5.74) is 3.66. The average molecular weight is 320 g/mol. The SMILES string of the molecule is CN(C)c1ccc([C@H]2C[C@@H](c3ccccc3)Nc3nnnn32)cc1. The van der Waals surface area contributed by atoms with E-state index < -0.39 is 0 Å². The van der Waals surface area contributed by atoms with Gasteiger partial charge >= 0.3 is 0 Å². The van der Waals surface area contributed by atoms with Crippen molar-refractivity contribution in [3.05, 3.63) is 65.7 Å². The highest BCUT2D eigenvalue weighted by atomic mass is 15.6. The maximum Gasteiger partial charge on any atom is 0.243 e. The first kappa shape index (κ1) is 14.7. The van der Waals surface area contributed by atoms with Crippen LogP contribution < -0.4 is 10.2 Å². The zero-order chi connectivity index (χ0) is 16.5. The number of nitrogens with zero attached hydrogens (tertiary/aromatic N) is 5. The third kappa shape index (κ3) is 2.60. The summed E-state index contributed by atoms with van der Waals surface area (Å²) in [7, 11) is 4.09. The summed E-state index contributed by atoms with van der Waals surface area (Å²) in [6.07, 6.45) is 0.906. The molecule has 0 aliphatic carbocycles. The molecule has 0 radical (unpaired) electrons. The van der Waals surface area contributed by atoms with Crippen molar-refractivity contribution in [1.29, 1.82) is 0 Å². The van der Waals surface area contributed by atoms with Gasteiger partial charge in [0.2, 0.25) is 5.95 Å². The van der Waals surface area contributed by atoms with Gasteiger partial charge in [-0.25, -0.2) is 4.68 Å². The van der Waals surface area contributed by atoms with Crippen LogP contribution in [0.1, 0.15) is 29.6 Å². The molecule has 1 aliphatic heterocycles. The quantitative estimate of drug-likeness (QED) is 0.804. The molecule has 6 nitrogen and oxygen atoms in total. The van der Waals surface area contributed by atoms with E-state index in [1.54, 1.807) is 0 Å². The van der Waals surface area contributed by atoms with E-state index in [0.29, 0.717) is 0 Å². The van der Waals surface area contributed by atoms with Crippen LogP contribution in [-0.4, -0.2) is 34.3 Å². The van der Waals surface area contributed by atoms with Crippen LogP contribution in [0.3, 0.4) is 0 Å². The van der Waals surface area contributed by atoms with Gasteiger partial charge in [-0.3, -0.25) is 0 Å². The third-order valence-corrected chi connectivity index (χ3v) is 4.55. The summed E-state index contributed by atoms with van der Waals surface area (Å²) >= 11 is 0. The molecular formula is C18H20N6. The lowest BCUT2D eigenvalue weighted by Crippen LogP contribution is -2.28. The van der Waals surface area contributed by atoms with Gasteiger partial charge in [-0.05, 0) is 40.1 Å². The first-order valence-electron chi connectivity index (χ1n) is 8.09. The number of tetrazole rings is 1. The Kier molecular flexibility index (Phi) is 3.65.